The number of nitrogens with one attached hydrogen (secondary N) is 1. The molecule has 1 aromatic heterocycles. The molecular formula is C15H15F3N2S. The summed E-state index contributed by atoms with van der Waals surface area (Å²) in [6.07, 6.45) is 1.85. The second-order valence-corrected chi connectivity index (χ2v) is 5.41. The van der Waals surface area contributed by atoms with Crippen molar-refractivity contribution in [2.45, 2.75) is 30.0 Å². The highest BCUT2D eigenvalue weighted by Gasteiger charge is 2.15. The first-order valence-corrected chi connectivity index (χ1v) is 7.40. The first-order chi connectivity index (χ1) is 10.1. The van der Waals surface area contributed by atoms with Gasteiger partial charge in [-0.25, -0.2) is 4.39 Å². The monoisotopic (exact) mass is 312 g/mol. The third-order valence-electron chi connectivity index (χ3n) is 2.95. The van der Waals surface area contributed by atoms with E-state index in [4.69, 9.17) is 0 Å². The van der Waals surface area contributed by atoms with E-state index in [0.717, 1.165) is 6.20 Å². The Kier molecular flexibility index (Phi) is 5.50. The zero-order valence-corrected chi connectivity index (χ0v) is 12.2. The molecule has 0 saturated heterocycles. The van der Waals surface area contributed by atoms with E-state index < -0.39 is 11.6 Å². The fourth-order valence-corrected chi connectivity index (χ4v) is 2.55. The predicted octanol–water partition coefficient (Wildman–Crippen LogP) is 5.10. The Bertz CT molecular complexity index is 575. The quantitative estimate of drug-likeness (QED) is 0.751. The largest absolute Gasteiger partial charge is 0.376 e. The van der Waals surface area contributed by atoms with Gasteiger partial charge in [-0.05, 0) is 30.7 Å². The van der Waals surface area contributed by atoms with Crippen molar-refractivity contribution in [1.29, 1.82) is 0 Å². The van der Waals surface area contributed by atoms with Crippen LogP contribution in [-0.4, -0.2) is 10.7 Å². The standard InChI is InChI=1S/C15H15F3N2S/c1-2-11(12-8-7-10(16)9-19-12)20-13-5-3-4-6-14(13)21-15(17)18/h3-9,11,15,20H,2H2,1H3. The van der Waals surface area contributed by atoms with Crippen LogP contribution in [0.1, 0.15) is 25.1 Å². The van der Waals surface area contributed by atoms with Gasteiger partial charge in [0, 0.05) is 10.6 Å². The Balaban J connectivity index is 2.20. The fraction of sp³-hybridized carbons (Fsp3) is 0.267. The molecule has 0 fully saturated rings. The van der Waals surface area contributed by atoms with Gasteiger partial charge in [-0.2, -0.15) is 8.78 Å². The Morgan fingerprint density at radius 1 is 1.19 bits per heavy atom. The second kappa shape index (κ2) is 7.36. The number of benzene rings is 1. The maximum absolute atomic E-state index is 12.9. The van der Waals surface area contributed by atoms with Gasteiger partial charge in [0.05, 0.1) is 17.9 Å². The number of aromatic nitrogens is 1. The van der Waals surface area contributed by atoms with Crippen LogP contribution < -0.4 is 5.32 Å². The summed E-state index contributed by atoms with van der Waals surface area (Å²) < 4.78 is 38.1. The summed E-state index contributed by atoms with van der Waals surface area (Å²) in [7, 11) is 0. The molecule has 0 aliphatic heterocycles. The smallest absolute Gasteiger partial charge is 0.288 e. The van der Waals surface area contributed by atoms with Crippen LogP contribution in [0.2, 0.25) is 0 Å². The van der Waals surface area contributed by atoms with Crippen LogP contribution >= 0.6 is 11.8 Å². The van der Waals surface area contributed by atoms with E-state index in [9.17, 15) is 13.2 Å². The number of hydrogen-bond donors (Lipinski definition) is 1. The van der Waals surface area contributed by atoms with E-state index in [1.807, 2.05) is 6.92 Å². The maximum atomic E-state index is 12.9. The molecule has 0 aliphatic carbocycles. The Morgan fingerprint density at radius 2 is 1.95 bits per heavy atom. The van der Waals surface area contributed by atoms with Gasteiger partial charge in [0.15, 0.2) is 0 Å². The molecule has 112 valence electrons. The van der Waals surface area contributed by atoms with Crippen molar-refractivity contribution >= 4 is 17.4 Å². The molecule has 0 amide bonds. The SMILES string of the molecule is CCC(Nc1ccccc1SC(F)F)c1ccc(F)cn1. The number of hydrogen-bond acceptors (Lipinski definition) is 3. The van der Waals surface area contributed by atoms with Crippen LogP contribution in [0.4, 0.5) is 18.9 Å². The van der Waals surface area contributed by atoms with E-state index in [2.05, 4.69) is 10.3 Å². The maximum Gasteiger partial charge on any atom is 0.288 e. The number of halogens is 3. The average molecular weight is 312 g/mol. The van der Waals surface area contributed by atoms with E-state index in [1.165, 1.54) is 6.07 Å². The number of nitrogens with zero attached hydrogens (tertiary/aromatic N) is 1. The molecule has 2 nitrogen and oxygen atoms in total. The van der Waals surface area contributed by atoms with Gasteiger partial charge in [0.25, 0.3) is 5.76 Å². The Morgan fingerprint density at radius 3 is 2.57 bits per heavy atom. The zero-order chi connectivity index (χ0) is 15.2. The Hall–Kier alpha value is -1.69. The minimum Gasteiger partial charge on any atom is -0.376 e. The molecule has 1 aromatic carbocycles. The number of rotatable bonds is 6. The lowest BCUT2D eigenvalue weighted by atomic mass is 10.1. The molecule has 2 rings (SSSR count). The number of thioether (sulfide) groups is 1. The van der Waals surface area contributed by atoms with Crippen LogP contribution in [0, 0.1) is 5.82 Å². The molecule has 0 radical (unpaired) electrons. The summed E-state index contributed by atoms with van der Waals surface area (Å²) in [6, 6.07) is 9.66. The molecular weight excluding hydrogens is 297 g/mol. The van der Waals surface area contributed by atoms with Gasteiger partial charge < -0.3 is 5.32 Å². The first kappa shape index (κ1) is 15.7. The lowest BCUT2D eigenvalue weighted by Gasteiger charge is -2.19. The Labute approximate surface area is 125 Å². The molecule has 1 atom stereocenters. The van der Waals surface area contributed by atoms with Gasteiger partial charge in [-0.15, -0.1) is 0 Å². The summed E-state index contributed by atoms with van der Waals surface area (Å²) in [4.78, 5) is 4.52. The number of para-hydroxylation sites is 1. The van der Waals surface area contributed by atoms with Crippen molar-refractivity contribution in [3.05, 3.63) is 54.1 Å². The topological polar surface area (TPSA) is 24.9 Å². The summed E-state index contributed by atoms with van der Waals surface area (Å²) in [6.45, 7) is 1.95. The van der Waals surface area contributed by atoms with Gasteiger partial charge >= 0.3 is 0 Å². The predicted molar refractivity (Wildman–Crippen MR) is 79.2 cm³/mol. The van der Waals surface area contributed by atoms with E-state index >= 15 is 0 Å². The van der Waals surface area contributed by atoms with E-state index in [1.54, 1.807) is 30.3 Å². The van der Waals surface area contributed by atoms with E-state index in [0.29, 0.717) is 34.5 Å². The summed E-state index contributed by atoms with van der Waals surface area (Å²) >= 11 is 0.499. The van der Waals surface area contributed by atoms with Crippen LogP contribution in [0.5, 0.6) is 0 Å². The van der Waals surface area contributed by atoms with Crippen molar-refractivity contribution in [3.63, 3.8) is 0 Å². The van der Waals surface area contributed by atoms with Crippen molar-refractivity contribution in [2.75, 3.05) is 5.32 Å². The third kappa shape index (κ3) is 4.39. The molecule has 21 heavy (non-hydrogen) atoms. The third-order valence-corrected chi connectivity index (χ3v) is 3.74. The molecule has 6 heteroatoms. The number of pyridine rings is 1. The average Bonchev–Trinajstić information content (AvgIpc) is 2.47. The fourth-order valence-electron chi connectivity index (χ4n) is 1.95. The van der Waals surface area contributed by atoms with Crippen molar-refractivity contribution < 1.29 is 13.2 Å². The first-order valence-electron chi connectivity index (χ1n) is 6.52. The normalized spacial score (nSPS) is 12.4. The molecule has 0 aliphatic rings. The number of anilines is 1. The lowest BCUT2D eigenvalue weighted by Crippen LogP contribution is -2.12. The lowest BCUT2D eigenvalue weighted by molar-refractivity contribution is 0.252. The molecule has 0 spiro atoms. The molecule has 0 saturated carbocycles. The van der Waals surface area contributed by atoms with Gasteiger partial charge in [-0.1, -0.05) is 30.8 Å². The highest BCUT2D eigenvalue weighted by atomic mass is 32.2. The van der Waals surface area contributed by atoms with Crippen molar-refractivity contribution in [2.24, 2.45) is 0 Å². The van der Waals surface area contributed by atoms with Crippen molar-refractivity contribution in [3.8, 4) is 0 Å². The summed E-state index contributed by atoms with van der Waals surface area (Å²) in [5.41, 5.74) is 1.30. The molecule has 1 N–H and O–H groups in total. The van der Waals surface area contributed by atoms with E-state index in [-0.39, 0.29) is 6.04 Å². The molecule has 1 heterocycles. The van der Waals surface area contributed by atoms with Crippen molar-refractivity contribution in [1.82, 2.24) is 4.98 Å². The summed E-state index contributed by atoms with van der Waals surface area (Å²) in [5, 5.41) is 3.20. The minimum absolute atomic E-state index is 0.162. The van der Waals surface area contributed by atoms with Gasteiger partial charge in [0.2, 0.25) is 0 Å². The zero-order valence-electron chi connectivity index (χ0n) is 11.4. The molecule has 2 aromatic rings. The highest BCUT2D eigenvalue weighted by molar-refractivity contribution is 7.99. The molecule has 0 bridgehead atoms. The molecule has 1 unspecified atom stereocenters. The van der Waals surface area contributed by atoms with Crippen LogP contribution in [0.3, 0.4) is 0 Å². The summed E-state index contributed by atoms with van der Waals surface area (Å²) in [5.74, 6) is -2.88. The van der Waals surface area contributed by atoms with Gasteiger partial charge in [0.1, 0.15) is 5.82 Å². The van der Waals surface area contributed by atoms with Crippen LogP contribution in [-0.2, 0) is 0 Å². The van der Waals surface area contributed by atoms with Crippen LogP contribution in [0.25, 0.3) is 0 Å². The second-order valence-electron chi connectivity index (χ2n) is 4.38. The number of alkyl halides is 2. The highest BCUT2D eigenvalue weighted by Crippen LogP contribution is 2.33. The van der Waals surface area contributed by atoms with Gasteiger partial charge in [-0.3, -0.25) is 4.98 Å². The van der Waals surface area contributed by atoms with Crippen LogP contribution in [0.15, 0.2) is 47.5 Å². The minimum atomic E-state index is -2.48.